The highest BCUT2D eigenvalue weighted by Crippen LogP contribution is 2.39. The van der Waals surface area contributed by atoms with Crippen LogP contribution in [0.2, 0.25) is 0 Å². The smallest absolute Gasteiger partial charge is 0.361 e. The summed E-state index contributed by atoms with van der Waals surface area (Å²) in [6, 6.07) is 2.84. The topological polar surface area (TPSA) is 106 Å². The van der Waals surface area contributed by atoms with Crippen molar-refractivity contribution >= 4 is 23.2 Å². The Hall–Kier alpha value is -3.80. The van der Waals surface area contributed by atoms with E-state index in [2.05, 4.69) is 30.7 Å². The summed E-state index contributed by atoms with van der Waals surface area (Å²) in [7, 11) is 0. The SMILES string of the molecule is CCNC(=O)Nc1cc(-c2nc(C(F)(F)F)cs2)c(-c2cncc(-c3c(C)noc3C)c2)cn1. The second kappa shape index (κ2) is 9.21. The second-order valence-electron chi connectivity index (χ2n) is 7.30. The van der Waals surface area contributed by atoms with Gasteiger partial charge < -0.3 is 9.84 Å². The Morgan fingerprint density at radius 1 is 1.12 bits per heavy atom. The fourth-order valence-corrected chi connectivity index (χ4v) is 4.25. The van der Waals surface area contributed by atoms with Crippen LogP contribution in [-0.2, 0) is 6.18 Å². The van der Waals surface area contributed by atoms with Crippen LogP contribution in [-0.4, -0.2) is 32.7 Å². The molecule has 2 amide bonds. The van der Waals surface area contributed by atoms with Crippen molar-refractivity contribution < 1.29 is 22.5 Å². The molecule has 176 valence electrons. The second-order valence-corrected chi connectivity index (χ2v) is 8.15. The molecule has 0 spiro atoms. The molecule has 4 rings (SSSR count). The molecular formula is C22H19F3N6O2S. The number of carbonyl (C=O) groups excluding carboxylic acids is 1. The normalized spacial score (nSPS) is 11.5. The Labute approximate surface area is 196 Å². The van der Waals surface area contributed by atoms with Crippen LogP contribution in [0.4, 0.5) is 23.8 Å². The first-order valence-corrected chi connectivity index (χ1v) is 11.0. The summed E-state index contributed by atoms with van der Waals surface area (Å²) < 4.78 is 44.9. The van der Waals surface area contributed by atoms with Crippen LogP contribution in [0, 0.1) is 13.8 Å². The van der Waals surface area contributed by atoms with Crippen molar-refractivity contribution in [1.82, 2.24) is 25.4 Å². The molecule has 8 nitrogen and oxygen atoms in total. The third kappa shape index (κ3) is 4.76. The van der Waals surface area contributed by atoms with E-state index in [0.29, 0.717) is 34.7 Å². The lowest BCUT2D eigenvalue weighted by molar-refractivity contribution is -0.140. The number of aryl methyl sites for hydroxylation is 2. The number of nitrogens with zero attached hydrogens (tertiary/aromatic N) is 4. The lowest BCUT2D eigenvalue weighted by Crippen LogP contribution is -2.28. The van der Waals surface area contributed by atoms with Crippen molar-refractivity contribution in [2.24, 2.45) is 0 Å². The van der Waals surface area contributed by atoms with Gasteiger partial charge in [-0.05, 0) is 32.9 Å². The van der Waals surface area contributed by atoms with Crippen LogP contribution in [0.15, 0.2) is 40.6 Å². The van der Waals surface area contributed by atoms with Gasteiger partial charge in [-0.3, -0.25) is 10.3 Å². The summed E-state index contributed by atoms with van der Waals surface area (Å²) in [5, 5.41) is 10.2. The molecule has 0 atom stereocenters. The molecule has 0 radical (unpaired) electrons. The summed E-state index contributed by atoms with van der Waals surface area (Å²) in [5.74, 6) is 0.786. The molecule has 34 heavy (non-hydrogen) atoms. The Bertz CT molecular complexity index is 1330. The lowest BCUT2D eigenvalue weighted by atomic mass is 9.99. The summed E-state index contributed by atoms with van der Waals surface area (Å²) in [6.45, 7) is 5.75. The Kier molecular flexibility index (Phi) is 6.33. The number of carbonyl (C=O) groups is 1. The van der Waals surface area contributed by atoms with Gasteiger partial charge in [0, 0.05) is 58.3 Å². The third-order valence-corrected chi connectivity index (χ3v) is 5.75. The molecule has 0 saturated heterocycles. The zero-order valence-corrected chi connectivity index (χ0v) is 19.1. The van der Waals surface area contributed by atoms with E-state index in [1.807, 2.05) is 13.0 Å². The zero-order chi connectivity index (χ0) is 24.5. The number of aromatic nitrogens is 4. The predicted octanol–water partition coefficient (Wildman–Crippen LogP) is 5.70. The standard InChI is InChI=1S/C22H19F3N6O2S/c1-4-27-21(32)30-18-6-15(20-29-17(10-34-20)22(23,24)25)16(9-28-18)13-5-14(8-26-7-13)19-11(2)31-33-12(19)3/h5-10H,4H2,1-3H3,(H2,27,28,30,32). The molecule has 0 aliphatic carbocycles. The lowest BCUT2D eigenvalue weighted by Gasteiger charge is -2.12. The maximum atomic E-state index is 13.2. The van der Waals surface area contributed by atoms with Gasteiger partial charge in [-0.2, -0.15) is 13.2 Å². The van der Waals surface area contributed by atoms with Crippen LogP contribution in [0.3, 0.4) is 0 Å². The molecule has 0 fully saturated rings. The number of alkyl halides is 3. The molecule has 2 N–H and O–H groups in total. The highest BCUT2D eigenvalue weighted by atomic mass is 32.1. The Morgan fingerprint density at radius 2 is 1.88 bits per heavy atom. The number of halogens is 3. The maximum Gasteiger partial charge on any atom is 0.434 e. The number of hydrogen-bond donors (Lipinski definition) is 2. The molecule has 0 aromatic carbocycles. The van der Waals surface area contributed by atoms with E-state index >= 15 is 0 Å². The van der Waals surface area contributed by atoms with Crippen LogP contribution >= 0.6 is 11.3 Å². The summed E-state index contributed by atoms with van der Waals surface area (Å²) >= 11 is 0.850. The first-order valence-electron chi connectivity index (χ1n) is 10.1. The zero-order valence-electron chi connectivity index (χ0n) is 18.3. The minimum Gasteiger partial charge on any atom is -0.361 e. The molecule has 4 heterocycles. The van der Waals surface area contributed by atoms with Crippen LogP contribution in [0.25, 0.3) is 32.8 Å². The van der Waals surface area contributed by atoms with E-state index in [4.69, 9.17) is 4.52 Å². The molecule has 12 heteroatoms. The van der Waals surface area contributed by atoms with E-state index in [-0.39, 0.29) is 10.8 Å². The van der Waals surface area contributed by atoms with Crippen LogP contribution in [0.1, 0.15) is 24.1 Å². The van der Waals surface area contributed by atoms with E-state index in [1.54, 1.807) is 26.2 Å². The van der Waals surface area contributed by atoms with Gasteiger partial charge in [-0.1, -0.05) is 5.16 Å². The largest absolute Gasteiger partial charge is 0.434 e. The quantitative estimate of drug-likeness (QED) is 0.373. The molecule has 0 bridgehead atoms. The average Bonchev–Trinajstić information content (AvgIpc) is 3.41. The summed E-state index contributed by atoms with van der Waals surface area (Å²) in [4.78, 5) is 24.3. The first-order chi connectivity index (χ1) is 16.2. The third-order valence-electron chi connectivity index (χ3n) is 4.88. The number of hydrogen-bond acceptors (Lipinski definition) is 7. The average molecular weight is 488 g/mol. The van der Waals surface area contributed by atoms with Gasteiger partial charge in [0.2, 0.25) is 0 Å². The van der Waals surface area contributed by atoms with E-state index in [0.717, 1.165) is 27.8 Å². The maximum absolute atomic E-state index is 13.2. The van der Waals surface area contributed by atoms with Crippen molar-refractivity contribution in [1.29, 1.82) is 0 Å². The van der Waals surface area contributed by atoms with Gasteiger partial charge >= 0.3 is 12.2 Å². The monoisotopic (exact) mass is 488 g/mol. The number of rotatable bonds is 5. The van der Waals surface area contributed by atoms with Gasteiger partial charge in [-0.15, -0.1) is 11.3 Å². The number of amides is 2. The van der Waals surface area contributed by atoms with Crippen LogP contribution < -0.4 is 10.6 Å². The van der Waals surface area contributed by atoms with Crippen molar-refractivity contribution in [3.05, 3.63) is 53.3 Å². The van der Waals surface area contributed by atoms with Crippen molar-refractivity contribution in [2.45, 2.75) is 26.9 Å². The molecule has 4 aromatic heterocycles. The van der Waals surface area contributed by atoms with E-state index in [1.165, 1.54) is 12.3 Å². The number of urea groups is 1. The van der Waals surface area contributed by atoms with Crippen molar-refractivity contribution in [3.63, 3.8) is 0 Å². The number of thiazole rings is 1. The highest BCUT2D eigenvalue weighted by Gasteiger charge is 2.34. The molecule has 4 aromatic rings. The highest BCUT2D eigenvalue weighted by molar-refractivity contribution is 7.13. The summed E-state index contributed by atoms with van der Waals surface area (Å²) in [6.07, 6.45) is 0.130. The molecular weight excluding hydrogens is 469 g/mol. The number of nitrogens with one attached hydrogen (secondary N) is 2. The van der Waals surface area contributed by atoms with Gasteiger partial charge in [0.1, 0.15) is 16.6 Å². The minimum absolute atomic E-state index is 0.131. The summed E-state index contributed by atoms with van der Waals surface area (Å²) in [5.41, 5.74) is 2.70. The minimum atomic E-state index is -4.57. The fraction of sp³-hybridized carbons (Fsp3) is 0.227. The van der Waals surface area contributed by atoms with Gasteiger partial charge in [0.05, 0.1) is 5.69 Å². The van der Waals surface area contributed by atoms with Gasteiger partial charge in [-0.25, -0.2) is 14.8 Å². The molecule has 0 unspecified atom stereocenters. The predicted molar refractivity (Wildman–Crippen MR) is 121 cm³/mol. The number of anilines is 1. The molecule has 0 saturated carbocycles. The van der Waals surface area contributed by atoms with Gasteiger partial charge in [0.15, 0.2) is 5.69 Å². The number of pyridine rings is 2. The Morgan fingerprint density at radius 3 is 2.53 bits per heavy atom. The Balaban J connectivity index is 1.83. The first kappa shape index (κ1) is 23.4. The van der Waals surface area contributed by atoms with E-state index < -0.39 is 17.9 Å². The van der Waals surface area contributed by atoms with E-state index in [9.17, 15) is 18.0 Å². The fourth-order valence-electron chi connectivity index (χ4n) is 3.40. The van der Waals surface area contributed by atoms with Crippen molar-refractivity contribution in [2.75, 3.05) is 11.9 Å². The van der Waals surface area contributed by atoms with Gasteiger partial charge in [0.25, 0.3) is 0 Å². The molecule has 0 aliphatic rings. The van der Waals surface area contributed by atoms with Crippen molar-refractivity contribution in [3.8, 4) is 32.8 Å². The van der Waals surface area contributed by atoms with Crippen LogP contribution in [0.5, 0.6) is 0 Å². The molecule has 0 aliphatic heterocycles.